The largest absolute Gasteiger partial charge is 0.497 e. The molecule has 2 heterocycles. The van der Waals surface area contributed by atoms with Crippen LogP contribution < -0.4 is 26.1 Å². The van der Waals surface area contributed by atoms with Crippen LogP contribution in [-0.2, 0) is 12.0 Å². The normalized spacial score (nSPS) is 11.5. The first-order valence-corrected chi connectivity index (χ1v) is 11.4. The van der Waals surface area contributed by atoms with E-state index in [0.29, 0.717) is 56.9 Å². The molecule has 182 valence electrons. The summed E-state index contributed by atoms with van der Waals surface area (Å²) in [5.74, 6) is 1.36. The lowest BCUT2D eigenvalue weighted by atomic mass is 9.84. The molecule has 4 aromatic rings. The molecule has 3 N–H and O–H groups in total. The van der Waals surface area contributed by atoms with Crippen LogP contribution in [0.4, 0.5) is 11.6 Å². The number of hydrogen-bond donors (Lipinski definition) is 2. The van der Waals surface area contributed by atoms with Crippen molar-refractivity contribution in [1.82, 2.24) is 14.5 Å². The minimum absolute atomic E-state index is 0.237. The highest BCUT2D eigenvalue weighted by Gasteiger charge is 2.25. The van der Waals surface area contributed by atoms with Gasteiger partial charge in [0.25, 0.3) is 5.56 Å². The number of aromatic nitrogens is 3. The highest BCUT2D eigenvalue weighted by atomic mass is 35.5. The maximum atomic E-state index is 14.0. The number of nitrogens with zero attached hydrogens (tertiary/aromatic N) is 3. The van der Waals surface area contributed by atoms with Gasteiger partial charge in [0.1, 0.15) is 17.1 Å². The van der Waals surface area contributed by atoms with Gasteiger partial charge in [-0.15, -0.1) is 0 Å². The molecule has 0 saturated carbocycles. The van der Waals surface area contributed by atoms with E-state index < -0.39 is 5.41 Å². The predicted octanol–water partition coefficient (Wildman–Crippen LogP) is 4.73. The fraction of sp³-hybridized carbons (Fsp3) is 0.269. The van der Waals surface area contributed by atoms with Gasteiger partial charge in [-0.25, -0.2) is 4.98 Å². The van der Waals surface area contributed by atoms with Gasteiger partial charge in [0.05, 0.1) is 19.2 Å². The van der Waals surface area contributed by atoms with Gasteiger partial charge in [0, 0.05) is 53.5 Å². The van der Waals surface area contributed by atoms with Crippen molar-refractivity contribution in [3.05, 3.63) is 69.6 Å². The Hall–Kier alpha value is -3.78. The Kier molecular flexibility index (Phi) is 6.58. The van der Waals surface area contributed by atoms with E-state index in [1.165, 1.54) is 7.11 Å². The minimum atomic E-state index is -0.413. The first-order chi connectivity index (χ1) is 16.7. The maximum absolute atomic E-state index is 14.0. The second-order valence-electron chi connectivity index (χ2n) is 8.87. The van der Waals surface area contributed by atoms with Crippen LogP contribution in [0.15, 0.2) is 53.5 Å². The lowest BCUT2D eigenvalue weighted by Crippen LogP contribution is -2.32. The molecule has 8 nitrogen and oxygen atoms in total. The summed E-state index contributed by atoms with van der Waals surface area (Å²) in [7, 11) is 4.80. The Morgan fingerprint density at radius 1 is 1.09 bits per heavy atom. The fourth-order valence-corrected chi connectivity index (χ4v) is 4.36. The number of nitrogens with one attached hydrogen (secondary N) is 1. The third-order valence-electron chi connectivity index (χ3n) is 6.05. The molecule has 9 heteroatoms. The van der Waals surface area contributed by atoms with Crippen molar-refractivity contribution >= 4 is 34.3 Å². The van der Waals surface area contributed by atoms with Crippen molar-refractivity contribution in [3.8, 4) is 22.6 Å². The van der Waals surface area contributed by atoms with E-state index in [9.17, 15) is 4.79 Å². The molecule has 0 aliphatic rings. The van der Waals surface area contributed by atoms with E-state index in [4.69, 9.17) is 26.8 Å². The lowest BCUT2D eigenvalue weighted by Gasteiger charge is -2.27. The van der Waals surface area contributed by atoms with E-state index in [1.807, 2.05) is 24.3 Å². The van der Waals surface area contributed by atoms with E-state index in [2.05, 4.69) is 29.1 Å². The summed E-state index contributed by atoms with van der Waals surface area (Å²) < 4.78 is 12.5. The van der Waals surface area contributed by atoms with Crippen LogP contribution in [0.5, 0.6) is 11.5 Å². The number of nitrogens with two attached hydrogens (primary N) is 1. The molecule has 0 bridgehead atoms. The van der Waals surface area contributed by atoms with Crippen LogP contribution in [0.2, 0.25) is 5.02 Å². The SMILES string of the molecule is CNc1ncc2cc(-c3cc(OC)cc(OC)c3Cl)c(=O)n(CC(C)(C)c3ccc(N)cc3)c2n1. The molecule has 0 radical (unpaired) electrons. The van der Waals surface area contributed by atoms with E-state index in [1.54, 1.807) is 43.1 Å². The summed E-state index contributed by atoms with van der Waals surface area (Å²) in [6.07, 6.45) is 1.69. The highest BCUT2D eigenvalue weighted by molar-refractivity contribution is 6.35. The average molecular weight is 494 g/mol. The quantitative estimate of drug-likeness (QED) is 0.358. The smallest absolute Gasteiger partial charge is 0.260 e. The summed E-state index contributed by atoms with van der Waals surface area (Å²) in [5, 5.41) is 3.97. The predicted molar refractivity (Wildman–Crippen MR) is 141 cm³/mol. The summed E-state index contributed by atoms with van der Waals surface area (Å²) >= 11 is 6.66. The number of methoxy groups -OCH3 is 2. The molecule has 0 amide bonds. The van der Waals surface area contributed by atoms with Gasteiger partial charge in [-0.2, -0.15) is 4.98 Å². The number of fused-ring (bicyclic) bond motifs is 1. The summed E-state index contributed by atoms with van der Waals surface area (Å²) in [5.41, 5.74) is 8.39. The van der Waals surface area contributed by atoms with Crippen LogP contribution in [-0.4, -0.2) is 35.8 Å². The zero-order chi connectivity index (χ0) is 25.3. The average Bonchev–Trinajstić information content (AvgIpc) is 2.85. The first-order valence-electron chi connectivity index (χ1n) is 11.0. The van der Waals surface area contributed by atoms with Gasteiger partial charge in [-0.05, 0) is 29.8 Å². The molecule has 0 aliphatic heterocycles. The van der Waals surface area contributed by atoms with Gasteiger partial charge in [0.2, 0.25) is 5.95 Å². The van der Waals surface area contributed by atoms with Crippen molar-refractivity contribution in [2.45, 2.75) is 25.8 Å². The Morgan fingerprint density at radius 2 is 1.80 bits per heavy atom. The number of anilines is 2. The highest BCUT2D eigenvalue weighted by Crippen LogP contribution is 2.39. The number of nitrogen functional groups attached to an aromatic ring is 1. The first kappa shape index (κ1) is 24.3. The molecule has 35 heavy (non-hydrogen) atoms. The number of ether oxygens (including phenoxy) is 2. The van der Waals surface area contributed by atoms with Crippen LogP contribution in [0.25, 0.3) is 22.2 Å². The minimum Gasteiger partial charge on any atom is -0.497 e. The topological polar surface area (TPSA) is 104 Å². The monoisotopic (exact) mass is 493 g/mol. The van der Waals surface area contributed by atoms with Crippen LogP contribution >= 0.6 is 11.6 Å². The van der Waals surface area contributed by atoms with E-state index in [-0.39, 0.29) is 5.56 Å². The molecule has 2 aromatic heterocycles. The molecule has 0 aliphatic carbocycles. The summed E-state index contributed by atoms with van der Waals surface area (Å²) in [4.78, 5) is 23.0. The number of rotatable bonds is 7. The molecule has 0 atom stereocenters. The number of benzene rings is 2. The van der Waals surface area contributed by atoms with Gasteiger partial charge in [-0.1, -0.05) is 37.6 Å². The third-order valence-corrected chi connectivity index (χ3v) is 6.44. The van der Waals surface area contributed by atoms with E-state index >= 15 is 0 Å². The number of hydrogen-bond acceptors (Lipinski definition) is 7. The van der Waals surface area contributed by atoms with Gasteiger partial charge in [0.15, 0.2) is 0 Å². The Labute approximate surface area is 208 Å². The third kappa shape index (κ3) is 4.61. The van der Waals surface area contributed by atoms with Crippen molar-refractivity contribution in [3.63, 3.8) is 0 Å². The zero-order valence-electron chi connectivity index (χ0n) is 20.3. The van der Waals surface area contributed by atoms with Crippen LogP contribution in [0.1, 0.15) is 19.4 Å². The molecule has 2 aromatic carbocycles. The second-order valence-corrected chi connectivity index (χ2v) is 9.25. The number of pyridine rings is 1. The second kappa shape index (κ2) is 9.46. The van der Waals surface area contributed by atoms with Gasteiger partial charge in [-0.3, -0.25) is 9.36 Å². The zero-order valence-corrected chi connectivity index (χ0v) is 21.1. The van der Waals surface area contributed by atoms with Gasteiger partial charge < -0.3 is 20.5 Å². The van der Waals surface area contributed by atoms with Crippen LogP contribution in [0.3, 0.4) is 0 Å². The standard InChI is InChI=1S/C26H28ClN5O3/c1-26(2,16-6-8-17(28)9-7-16)14-32-23-15(13-30-25(29-3)31-23)10-20(24(32)33)19-11-18(34-4)12-21(35-5)22(19)27/h6-13H,14,28H2,1-5H3,(H,29,30,31). The molecular formula is C26H28ClN5O3. The van der Waals surface area contributed by atoms with Crippen molar-refractivity contribution < 1.29 is 9.47 Å². The molecule has 4 rings (SSSR count). The number of halogens is 1. The molecule has 0 fully saturated rings. The summed E-state index contributed by atoms with van der Waals surface area (Å²) in [6, 6.07) is 12.8. The Balaban J connectivity index is 1.99. The summed E-state index contributed by atoms with van der Waals surface area (Å²) in [6.45, 7) is 4.51. The van der Waals surface area contributed by atoms with Gasteiger partial charge >= 0.3 is 0 Å². The van der Waals surface area contributed by atoms with Crippen molar-refractivity contribution in [2.24, 2.45) is 0 Å². The molecule has 0 saturated heterocycles. The van der Waals surface area contributed by atoms with Crippen molar-refractivity contribution in [1.29, 1.82) is 0 Å². The van der Waals surface area contributed by atoms with Crippen molar-refractivity contribution in [2.75, 3.05) is 32.3 Å². The maximum Gasteiger partial charge on any atom is 0.260 e. The molecular weight excluding hydrogens is 466 g/mol. The molecule has 0 spiro atoms. The Morgan fingerprint density at radius 3 is 2.43 bits per heavy atom. The fourth-order valence-electron chi connectivity index (χ4n) is 4.07. The Bertz CT molecular complexity index is 1450. The molecule has 0 unspecified atom stereocenters. The van der Waals surface area contributed by atoms with E-state index in [0.717, 1.165) is 5.56 Å². The van der Waals surface area contributed by atoms with Crippen LogP contribution in [0, 0.1) is 0 Å². The lowest BCUT2D eigenvalue weighted by molar-refractivity contribution is 0.395.